The number of hydrogen-bond acceptors (Lipinski definition) is 2. The van der Waals surface area contributed by atoms with Crippen molar-refractivity contribution >= 4 is 16.7 Å². The Bertz CT molecular complexity index is 465. The van der Waals surface area contributed by atoms with Gasteiger partial charge in [0.2, 0.25) is 0 Å². The molecule has 0 bridgehead atoms. The number of carbonyl (C=O) groups is 1. The van der Waals surface area contributed by atoms with E-state index in [1.807, 2.05) is 12.1 Å². The molecule has 0 saturated heterocycles. The molecule has 1 heterocycles. The minimum absolute atomic E-state index is 0. The van der Waals surface area contributed by atoms with E-state index in [1.54, 1.807) is 18.2 Å². The molecule has 1 aromatic carbocycles. The predicted molar refractivity (Wildman–Crippen MR) is 48.7 cm³/mol. The van der Waals surface area contributed by atoms with Crippen molar-refractivity contribution in [2.24, 2.45) is 0 Å². The summed E-state index contributed by atoms with van der Waals surface area (Å²) < 4.78 is 0. The van der Waals surface area contributed by atoms with Crippen LogP contribution in [0.15, 0.2) is 36.5 Å². The first-order valence-corrected chi connectivity index (χ1v) is 3.86. The maximum Gasteiger partial charge on any atom is 0.355 e. The summed E-state index contributed by atoms with van der Waals surface area (Å²) in [7, 11) is 0. The molecule has 0 aliphatic carbocycles. The molecule has 0 fully saturated rings. The summed E-state index contributed by atoms with van der Waals surface area (Å²) >= 11 is 0. The van der Waals surface area contributed by atoms with E-state index in [1.165, 1.54) is 6.20 Å². The van der Waals surface area contributed by atoms with E-state index >= 15 is 0 Å². The largest absolute Gasteiger partial charge is 0.476 e. The van der Waals surface area contributed by atoms with Gasteiger partial charge in [-0.1, -0.05) is 24.3 Å². The average molecular weight is 365 g/mol. The summed E-state index contributed by atoms with van der Waals surface area (Å²) in [5.74, 6) is -0.989. The fraction of sp³-hybridized carbons (Fsp3) is 0. The second-order valence-electron chi connectivity index (χ2n) is 2.69. The number of rotatable bonds is 1. The molecule has 2 rings (SSSR count). The summed E-state index contributed by atoms with van der Waals surface area (Å²) in [5.41, 5.74) is 0.109. The first-order chi connectivity index (χ1) is 6.29. The predicted octanol–water partition coefficient (Wildman–Crippen LogP) is 1.93. The molecule has 0 aliphatic heterocycles. The molecular formula is C10H7IrNO2. The Hall–Kier alpha value is -1.25. The molecular weight excluding hydrogens is 358 g/mol. The Morgan fingerprint density at radius 1 is 1.21 bits per heavy atom. The van der Waals surface area contributed by atoms with Crippen molar-refractivity contribution in [3.05, 3.63) is 42.2 Å². The molecule has 1 N–H and O–H groups in total. The Kier molecular flexibility index (Phi) is 3.33. The van der Waals surface area contributed by atoms with Crippen molar-refractivity contribution in [3.63, 3.8) is 0 Å². The average Bonchev–Trinajstić information content (AvgIpc) is 2.17. The van der Waals surface area contributed by atoms with Crippen LogP contribution in [-0.4, -0.2) is 16.1 Å². The molecule has 0 saturated carbocycles. The van der Waals surface area contributed by atoms with E-state index in [9.17, 15) is 4.79 Å². The third-order valence-electron chi connectivity index (χ3n) is 1.88. The van der Waals surface area contributed by atoms with Crippen molar-refractivity contribution in [3.8, 4) is 0 Å². The summed E-state index contributed by atoms with van der Waals surface area (Å²) in [5, 5.41) is 10.4. The van der Waals surface area contributed by atoms with Crippen LogP contribution in [0.1, 0.15) is 10.5 Å². The van der Waals surface area contributed by atoms with Gasteiger partial charge < -0.3 is 5.11 Å². The van der Waals surface area contributed by atoms with Crippen LogP contribution in [0.25, 0.3) is 10.8 Å². The number of carboxylic acids is 1. The molecule has 14 heavy (non-hydrogen) atoms. The van der Waals surface area contributed by atoms with Gasteiger partial charge in [-0.2, -0.15) is 0 Å². The third kappa shape index (κ3) is 1.81. The van der Waals surface area contributed by atoms with Crippen molar-refractivity contribution in [2.75, 3.05) is 0 Å². The molecule has 1 radical (unpaired) electrons. The monoisotopic (exact) mass is 366 g/mol. The number of pyridine rings is 1. The van der Waals surface area contributed by atoms with E-state index in [2.05, 4.69) is 4.98 Å². The van der Waals surface area contributed by atoms with Crippen molar-refractivity contribution in [1.82, 2.24) is 4.98 Å². The number of aromatic nitrogens is 1. The third-order valence-corrected chi connectivity index (χ3v) is 1.88. The summed E-state index contributed by atoms with van der Waals surface area (Å²) in [6, 6.07) is 9.08. The molecule has 0 unspecified atom stereocenters. The molecule has 3 nitrogen and oxygen atoms in total. The minimum Gasteiger partial charge on any atom is -0.476 e. The van der Waals surface area contributed by atoms with Gasteiger partial charge >= 0.3 is 5.97 Å². The standard InChI is InChI=1S/C10H7NO2.Ir/c12-10(13)9-8-4-2-1-3-7(8)5-6-11-9;/h1-6H,(H,12,13);. The molecule has 0 amide bonds. The molecule has 0 aliphatic rings. The molecule has 73 valence electrons. The number of nitrogens with zero attached hydrogens (tertiary/aromatic N) is 1. The van der Waals surface area contributed by atoms with Gasteiger partial charge in [-0.25, -0.2) is 9.78 Å². The number of hydrogen-bond donors (Lipinski definition) is 1. The normalized spacial score (nSPS) is 9.43. The first kappa shape index (κ1) is 10.8. The van der Waals surface area contributed by atoms with Gasteiger partial charge in [0.1, 0.15) is 0 Å². The quantitative estimate of drug-likeness (QED) is 0.840. The van der Waals surface area contributed by atoms with E-state index in [4.69, 9.17) is 5.11 Å². The minimum atomic E-state index is -0.989. The first-order valence-electron chi connectivity index (χ1n) is 3.86. The maximum atomic E-state index is 10.8. The van der Waals surface area contributed by atoms with Crippen LogP contribution in [0.4, 0.5) is 0 Å². The summed E-state index contributed by atoms with van der Waals surface area (Å²) in [4.78, 5) is 14.6. The second-order valence-corrected chi connectivity index (χ2v) is 2.69. The fourth-order valence-electron chi connectivity index (χ4n) is 1.29. The number of fused-ring (bicyclic) bond motifs is 1. The molecule has 4 heteroatoms. The number of benzene rings is 1. The Morgan fingerprint density at radius 3 is 2.64 bits per heavy atom. The van der Waals surface area contributed by atoms with Gasteiger partial charge in [-0.05, 0) is 11.5 Å². The van der Waals surface area contributed by atoms with E-state index < -0.39 is 5.97 Å². The molecule has 0 atom stereocenters. The summed E-state index contributed by atoms with van der Waals surface area (Å²) in [6.45, 7) is 0. The number of aromatic carboxylic acids is 1. The fourth-order valence-corrected chi connectivity index (χ4v) is 1.29. The molecule has 1 aromatic heterocycles. The zero-order valence-corrected chi connectivity index (χ0v) is 9.50. The van der Waals surface area contributed by atoms with E-state index in [-0.39, 0.29) is 25.8 Å². The van der Waals surface area contributed by atoms with Crippen LogP contribution in [0.2, 0.25) is 0 Å². The summed E-state index contributed by atoms with van der Waals surface area (Å²) in [6.07, 6.45) is 1.51. The van der Waals surface area contributed by atoms with Crippen LogP contribution >= 0.6 is 0 Å². The van der Waals surface area contributed by atoms with E-state index in [0.29, 0.717) is 5.39 Å². The van der Waals surface area contributed by atoms with Crippen LogP contribution in [-0.2, 0) is 20.1 Å². The molecule has 2 aromatic rings. The second kappa shape index (κ2) is 4.31. The topological polar surface area (TPSA) is 50.2 Å². The van der Waals surface area contributed by atoms with Crippen LogP contribution < -0.4 is 0 Å². The van der Waals surface area contributed by atoms with Gasteiger partial charge in [0, 0.05) is 31.7 Å². The van der Waals surface area contributed by atoms with Crippen LogP contribution in [0.3, 0.4) is 0 Å². The smallest absolute Gasteiger partial charge is 0.355 e. The van der Waals surface area contributed by atoms with Crippen LogP contribution in [0, 0.1) is 0 Å². The Balaban J connectivity index is 0.000000980. The Labute approximate surface area is 94.1 Å². The van der Waals surface area contributed by atoms with Gasteiger partial charge in [-0.3, -0.25) is 0 Å². The van der Waals surface area contributed by atoms with E-state index in [0.717, 1.165) is 5.39 Å². The van der Waals surface area contributed by atoms with Crippen LogP contribution in [0.5, 0.6) is 0 Å². The number of carboxylic acid groups (broad SMARTS) is 1. The zero-order valence-electron chi connectivity index (χ0n) is 7.10. The Morgan fingerprint density at radius 2 is 1.93 bits per heavy atom. The zero-order chi connectivity index (χ0) is 9.26. The van der Waals surface area contributed by atoms with Gasteiger partial charge in [0.25, 0.3) is 0 Å². The van der Waals surface area contributed by atoms with Gasteiger partial charge in [0.15, 0.2) is 5.69 Å². The van der Waals surface area contributed by atoms with Crippen molar-refractivity contribution < 1.29 is 30.0 Å². The van der Waals surface area contributed by atoms with Crippen molar-refractivity contribution in [2.45, 2.75) is 0 Å². The van der Waals surface area contributed by atoms with Crippen molar-refractivity contribution in [1.29, 1.82) is 0 Å². The molecule has 0 spiro atoms. The SMILES string of the molecule is O=C(O)c1nccc2ccccc12.[Ir]. The maximum absolute atomic E-state index is 10.8. The van der Waals surface area contributed by atoms with Gasteiger partial charge in [0.05, 0.1) is 0 Å². The van der Waals surface area contributed by atoms with Gasteiger partial charge in [-0.15, -0.1) is 0 Å².